The molecule has 0 saturated carbocycles. The maximum Gasteiger partial charge on any atom is 0.307 e. The van der Waals surface area contributed by atoms with E-state index in [-0.39, 0.29) is 18.9 Å². The van der Waals surface area contributed by atoms with Crippen LogP contribution in [0.3, 0.4) is 0 Å². The predicted molar refractivity (Wildman–Crippen MR) is 96.4 cm³/mol. The number of fused-ring (bicyclic) bond motifs is 2. The molecule has 0 aliphatic rings. The molecule has 0 aliphatic heterocycles. The van der Waals surface area contributed by atoms with Crippen molar-refractivity contribution in [3.05, 3.63) is 65.3 Å². The highest BCUT2D eigenvalue weighted by Gasteiger charge is 2.16. The molecule has 0 unspecified atom stereocenters. The second-order valence-corrected chi connectivity index (χ2v) is 6.25. The number of carbonyl (C=O) groups excluding carboxylic acids is 1. The van der Waals surface area contributed by atoms with Gasteiger partial charge in [0.1, 0.15) is 16.9 Å². The maximum absolute atomic E-state index is 12.5. The zero-order valence-electron chi connectivity index (χ0n) is 14.5. The van der Waals surface area contributed by atoms with E-state index in [0.29, 0.717) is 28.1 Å². The minimum absolute atomic E-state index is 0.119. The molecule has 1 amide bonds. The molecule has 4 rings (SSSR count). The van der Waals surface area contributed by atoms with Crippen LogP contribution in [-0.2, 0) is 17.8 Å². The quantitative estimate of drug-likeness (QED) is 0.562. The zero-order valence-corrected chi connectivity index (χ0v) is 14.5. The number of carboxylic acids is 1. The Hall–Kier alpha value is -3.68. The molecule has 8 nitrogen and oxygen atoms in total. The van der Waals surface area contributed by atoms with Crippen LogP contribution in [0.25, 0.3) is 16.6 Å². The van der Waals surface area contributed by atoms with Crippen molar-refractivity contribution < 1.29 is 19.1 Å². The van der Waals surface area contributed by atoms with E-state index in [0.717, 1.165) is 10.9 Å². The number of carboxylic acid groups (broad SMARTS) is 1. The number of amides is 1. The Morgan fingerprint density at radius 3 is 2.96 bits per heavy atom. The third kappa shape index (κ3) is 3.24. The van der Waals surface area contributed by atoms with Crippen molar-refractivity contribution in [2.75, 3.05) is 0 Å². The molecule has 8 heteroatoms. The van der Waals surface area contributed by atoms with Crippen molar-refractivity contribution in [2.24, 2.45) is 0 Å². The monoisotopic (exact) mass is 364 g/mol. The van der Waals surface area contributed by atoms with Crippen LogP contribution in [-0.4, -0.2) is 31.6 Å². The van der Waals surface area contributed by atoms with Crippen molar-refractivity contribution in [3.8, 4) is 0 Å². The lowest BCUT2D eigenvalue weighted by Gasteiger charge is -2.02. The number of nitrogens with zero attached hydrogens (tertiary/aromatic N) is 3. The number of rotatable bonds is 5. The van der Waals surface area contributed by atoms with Crippen molar-refractivity contribution in [3.63, 3.8) is 0 Å². The van der Waals surface area contributed by atoms with E-state index in [1.807, 2.05) is 19.1 Å². The SMILES string of the molecule is Cc1cc(CC(=O)O)c2oc(CNC(=O)c3cnn4cccnc34)cc2c1. The zero-order chi connectivity index (χ0) is 19.0. The Labute approximate surface area is 153 Å². The summed E-state index contributed by atoms with van der Waals surface area (Å²) < 4.78 is 7.32. The molecular formula is C19H16N4O4. The summed E-state index contributed by atoms with van der Waals surface area (Å²) in [5.41, 5.74) is 2.94. The van der Waals surface area contributed by atoms with Gasteiger partial charge in [-0.1, -0.05) is 6.07 Å². The van der Waals surface area contributed by atoms with Crippen LogP contribution in [0.2, 0.25) is 0 Å². The van der Waals surface area contributed by atoms with Gasteiger partial charge in [-0.25, -0.2) is 9.50 Å². The first kappa shape index (κ1) is 16.8. The van der Waals surface area contributed by atoms with E-state index < -0.39 is 5.97 Å². The molecule has 4 aromatic rings. The molecule has 0 radical (unpaired) electrons. The number of carbonyl (C=O) groups is 2. The number of aryl methyl sites for hydroxylation is 1. The molecule has 27 heavy (non-hydrogen) atoms. The Morgan fingerprint density at radius 1 is 1.30 bits per heavy atom. The first-order chi connectivity index (χ1) is 13.0. The standard InChI is InChI=1S/C19H16N4O4/c1-11-5-12-7-14(27-17(12)13(6-11)8-16(24)25)9-21-19(26)15-10-22-23-4-2-3-20-18(15)23/h2-7,10H,8-9H2,1H3,(H,21,26)(H,24,25). The summed E-state index contributed by atoms with van der Waals surface area (Å²) in [5.74, 6) is -0.695. The smallest absolute Gasteiger partial charge is 0.307 e. The first-order valence-corrected chi connectivity index (χ1v) is 8.31. The van der Waals surface area contributed by atoms with E-state index in [2.05, 4.69) is 15.4 Å². The van der Waals surface area contributed by atoms with E-state index in [1.54, 1.807) is 24.5 Å². The van der Waals surface area contributed by atoms with Crippen LogP contribution in [0.15, 0.2) is 47.3 Å². The summed E-state index contributed by atoms with van der Waals surface area (Å²) in [6.45, 7) is 2.07. The molecule has 3 heterocycles. The number of furan rings is 1. The van der Waals surface area contributed by atoms with Crippen LogP contribution in [0.5, 0.6) is 0 Å². The molecule has 0 fully saturated rings. The average molecular weight is 364 g/mol. The Kier molecular flexibility index (Phi) is 4.08. The molecular weight excluding hydrogens is 348 g/mol. The molecule has 3 aromatic heterocycles. The van der Waals surface area contributed by atoms with Gasteiger partial charge in [-0.15, -0.1) is 0 Å². The van der Waals surface area contributed by atoms with Gasteiger partial charge in [-0.05, 0) is 30.7 Å². The van der Waals surface area contributed by atoms with Gasteiger partial charge in [-0.2, -0.15) is 5.10 Å². The minimum Gasteiger partial charge on any atom is -0.481 e. The van der Waals surface area contributed by atoms with Crippen molar-refractivity contribution >= 4 is 28.5 Å². The van der Waals surface area contributed by atoms with Gasteiger partial charge in [0.15, 0.2) is 5.65 Å². The third-order valence-electron chi connectivity index (χ3n) is 4.18. The van der Waals surface area contributed by atoms with E-state index in [4.69, 9.17) is 9.52 Å². The summed E-state index contributed by atoms with van der Waals surface area (Å²) in [7, 11) is 0. The van der Waals surface area contributed by atoms with Gasteiger partial charge < -0.3 is 14.8 Å². The fraction of sp³-hybridized carbons (Fsp3) is 0.158. The van der Waals surface area contributed by atoms with Crippen LogP contribution >= 0.6 is 0 Å². The molecule has 136 valence electrons. The second-order valence-electron chi connectivity index (χ2n) is 6.25. The van der Waals surface area contributed by atoms with Crippen LogP contribution < -0.4 is 5.32 Å². The Morgan fingerprint density at radius 2 is 2.15 bits per heavy atom. The Balaban J connectivity index is 1.57. The summed E-state index contributed by atoms with van der Waals surface area (Å²) in [6.07, 6.45) is 4.65. The van der Waals surface area contributed by atoms with Crippen molar-refractivity contribution in [2.45, 2.75) is 19.9 Å². The molecule has 0 spiro atoms. The lowest BCUT2D eigenvalue weighted by Crippen LogP contribution is -2.22. The highest BCUT2D eigenvalue weighted by molar-refractivity contribution is 5.99. The number of aromatic nitrogens is 3. The first-order valence-electron chi connectivity index (χ1n) is 8.31. The number of hydrogen-bond donors (Lipinski definition) is 2. The van der Waals surface area contributed by atoms with Crippen LogP contribution in [0.1, 0.15) is 27.2 Å². The van der Waals surface area contributed by atoms with E-state index in [9.17, 15) is 9.59 Å². The average Bonchev–Trinajstić information content (AvgIpc) is 3.23. The number of aliphatic carboxylic acids is 1. The van der Waals surface area contributed by atoms with Gasteiger partial charge in [0, 0.05) is 23.3 Å². The van der Waals surface area contributed by atoms with E-state index in [1.165, 1.54) is 10.7 Å². The molecule has 0 saturated heterocycles. The normalized spacial score (nSPS) is 11.1. The van der Waals surface area contributed by atoms with Crippen LogP contribution in [0.4, 0.5) is 0 Å². The minimum atomic E-state index is -0.922. The highest BCUT2D eigenvalue weighted by Crippen LogP contribution is 2.25. The third-order valence-corrected chi connectivity index (χ3v) is 4.18. The number of nitrogens with one attached hydrogen (secondary N) is 1. The molecule has 2 N–H and O–H groups in total. The lowest BCUT2D eigenvalue weighted by atomic mass is 10.1. The van der Waals surface area contributed by atoms with Crippen molar-refractivity contribution in [1.29, 1.82) is 0 Å². The molecule has 0 atom stereocenters. The topological polar surface area (TPSA) is 110 Å². The summed E-state index contributed by atoms with van der Waals surface area (Å²) in [4.78, 5) is 27.7. The predicted octanol–water partition coefficient (Wildman–Crippen LogP) is 2.34. The van der Waals surface area contributed by atoms with E-state index >= 15 is 0 Å². The Bertz CT molecular complexity index is 1180. The fourth-order valence-electron chi connectivity index (χ4n) is 3.08. The van der Waals surface area contributed by atoms with Gasteiger partial charge in [-0.3, -0.25) is 9.59 Å². The summed E-state index contributed by atoms with van der Waals surface area (Å²) >= 11 is 0. The second kappa shape index (κ2) is 6.56. The highest BCUT2D eigenvalue weighted by atomic mass is 16.4. The summed E-state index contributed by atoms with van der Waals surface area (Å²) in [5, 5.41) is 16.8. The van der Waals surface area contributed by atoms with Gasteiger partial charge in [0.25, 0.3) is 5.91 Å². The maximum atomic E-state index is 12.5. The molecule has 1 aromatic carbocycles. The van der Waals surface area contributed by atoms with Gasteiger partial charge >= 0.3 is 5.97 Å². The largest absolute Gasteiger partial charge is 0.481 e. The molecule has 0 aliphatic carbocycles. The van der Waals surface area contributed by atoms with Gasteiger partial charge in [0.05, 0.1) is 19.2 Å². The summed E-state index contributed by atoms with van der Waals surface area (Å²) in [6, 6.07) is 7.26. The van der Waals surface area contributed by atoms with Gasteiger partial charge in [0.2, 0.25) is 0 Å². The number of hydrogen-bond acceptors (Lipinski definition) is 5. The van der Waals surface area contributed by atoms with Crippen molar-refractivity contribution in [1.82, 2.24) is 19.9 Å². The number of benzene rings is 1. The molecule has 0 bridgehead atoms. The van der Waals surface area contributed by atoms with Crippen LogP contribution in [0, 0.1) is 6.92 Å². The fourth-order valence-corrected chi connectivity index (χ4v) is 3.08. The lowest BCUT2D eigenvalue weighted by molar-refractivity contribution is -0.136.